The fourth-order valence-corrected chi connectivity index (χ4v) is 9.36. The van der Waals surface area contributed by atoms with E-state index in [0.717, 1.165) is 41.7 Å². The van der Waals surface area contributed by atoms with Crippen molar-refractivity contribution in [2.45, 2.75) is 159 Å². The minimum Gasteiger partial charge on any atom is -0.495 e. The number of esters is 1. The lowest BCUT2D eigenvalue weighted by Gasteiger charge is -2.42. The van der Waals surface area contributed by atoms with Crippen LogP contribution < -0.4 is 15.4 Å². The van der Waals surface area contributed by atoms with Gasteiger partial charge in [0.1, 0.15) is 60.2 Å². The van der Waals surface area contributed by atoms with E-state index in [9.17, 15) is 38.7 Å². The third kappa shape index (κ3) is 15.0. The van der Waals surface area contributed by atoms with Crippen molar-refractivity contribution in [2.24, 2.45) is 5.92 Å². The van der Waals surface area contributed by atoms with Gasteiger partial charge < -0.3 is 53.4 Å². The SMILES string of the molecule is CCC(=O)C(CN(C)C(=O)OC1/C=C/CCCCC1)NC(=O)OCCC(=O)N(C)[C@@H](C)C(=O)O[C@H]1CC(=O)Cc2cc(cc(OC)c2Cl)C/C(C)=C/C=C/[C@@H](OC)[C@@]2(O)C[C@H](OC(=O)N2)[C@@H](C)[C@@H]2O[C@@]12C. The molecule has 392 valence electrons. The van der Waals surface area contributed by atoms with Crippen LogP contribution in [0.25, 0.3) is 0 Å². The van der Waals surface area contributed by atoms with E-state index in [0.29, 0.717) is 24.2 Å². The molecule has 2 heterocycles. The summed E-state index contributed by atoms with van der Waals surface area (Å²) in [5.41, 5.74) is -0.981. The number of methoxy groups -OCH3 is 2. The first-order valence-electron chi connectivity index (χ1n) is 24.3. The third-order valence-electron chi connectivity index (χ3n) is 13.6. The lowest BCUT2D eigenvalue weighted by Crippen LogP contribution is -2.63. The number of Topliss-reactive ketones (excluding diaryl/α,β-unsaturated/α-hetero) is 2. The molecule has 0 saturated carbocycles. The highest BCUT2D eigenvalue weighted by Gasteiger charge is 2.64. The molecular weight excluding hydrogens is 944 g/mol. The van der Waals surface area contributed by atoms with E-state index in [4.69, 9.17) is 44.8 Å². The van der Waals surface area contributed by atoms with Crippen LogP contribution in [-0.4, -0.2) is 152 Å². The average molecular weight is 1020 g/mol. The number of carbonyl (C=O) groups is 7. The van der Waals surface area contributed by atoms with E-state index in [1.165, 1.54) is 40.1 Å². The molecule has 20 heteroatoms. The molecule has 0 aromatic heterocycles. The van der Waals surface area contributed by atoms with Crippen molar-refractivity contribution in [1.29, 1.82) is 0 Å². The summed E-state index contributed by atoms with van der Waals surface area (Å²) in [5, 5.41) is 17.0. The van der Waals surface area contributed by atoms with Crippen molar-refractivity contribution in [1.82, 2.24) is 20.4 Å². The maximum Gasteiger partial charge on any atom is 0.410 e. The number of fused-ring (bicyclic) bond motifs is 5. The molecule has 2 saturated heterocycles. The smallest absolute Gasteiger partial charge is 0.410 e. The maximum absolute atomic E-state index is 14.1. The first-order chi connectivity index (χ1) is 33.6. The van der Waals surface area contributed by atoms with E-state index in [2.05, 4.69) is 10.6 Å². The van der Waals surface area contributed by atoms with Gasteiger partial charge in [-0.15, -0.1) is 0 Å². The minimum absolute atomic E-state index is 0.0664. The van der Waals surface area contributed by atoms with Crippen molar-refractivity contribution >= 4 is 53.3 Å². The molecule has 4 bridgehead atoms. The molecule has 2 unspecified atom stereocenters. The number of epoxide rings is 1. The largest absolute Gasteiger partial charge is 0.495 e. The highest BCUT2D eigenvalue weighted by Crippen LogP contribution is 2.49. The van der Waals surface area contributed by atoms with Gasteiger partial charge >= 0.3 is 24.2 Å². The van der Waals surface area contributed by atoms with Gasteiger partial charge in [0.05, 0.1) is 31.2 Å². The predicted molar refractivity (Wildman–Crippen MR) is 260 cm³/mol. The molecule has 19 nitrogen and oxygen atoms in total. The second-order valence-corrected chi connectivity index (χ2v) is 19.5. The van der Waals surface area contributed by atoms with Crippen molar-refractivity contribution < 1.29 is 71.8 Å². The van der Waals surface area contributed by atoms with Crippen molar-refractivity contribution in [3.63, 3.8) is 0 Å². The van der Waals surface area contributed by atoms with Crippen molar-refractivity contribution in [3.05, 3.63) is 64.2 Å². The highest BCUT2D eigenvalue weighted by atomic mass is 35.5. The third-order valence-corrected chi connectivity index (χ3v) is 14.1. The molecule has 71 heavy (non-hydrogen) atoms. The first kappa shape index (κ1) is 56.4. The Morgan fingerprint density at radius 1 is 1.06 bits per heavy atom. The molecule has 2 aliphatic carbocycles. The molecule has 10 atom stereocenters. The summed E-state index contributed by atoms with van der Waals surface area (Å²) in [6, 6.07) is 1.27. The van der Waals surface area contributed by atoms with Crippen molar-refractivity contribution in [2.75, 3.05) is 41.5 Å². The van der Waals surface area contributed by atoms with Gasteiger partial charge in [-0.05, 0) is 76.1 Å². The molecule has 4 aliphatic rings. The quantitative estimate of drug-likeness (QED) is 0.0828. The molecule has 2 aliphatic heterocycles. The number of amides is 4. The molecule has 4 amide bonds. The lowest BCUT2D eigenvalue weighted by molar-refractivity contribution is -0.162. The van der Waals surface area contributed by atoms with Crippen LogP contribution in [0.4, 0.5) is 14.4 Å². The standard InChI is InChI=1S/C51H71ClN4O15/c1-10-38(58)37(29-55(6)49(63)68-36-18-14-12-11-13-15-19-36)53-47(61)67-22-21-43(59)56(7)32(4)46(60)70-42-27-35(57)26-34-24-33(25-39(65-8)44(34)52)23-30(2)17-16-20-41(66-9)51(64)28-40(69-48(62)54-51)31(3)45-50(42,5)71-45/h14,16-18,20,24-25,31-32,36-37,40-42,45,64H,10-13,15,19,21-23,26-29H2,1-9H3,(H,53,61)(H,54,62)/b18-14+,20-16+,30-17+/t31-,32+,36?,37?,40+,41-,42+,45+,50+,51+/m1/s1. The van der Waals surface area contributed by atoms with E-state index in [-0.39, 0.29) is 55.2 Å². The normalized spacial score (nSPS) is 29.3. The number of nitrogens with one attached hydrogen (secondary N) is 2. The number of likely N-dealkylation sites (N-methyl/N-ethyl adjacent to an activating group) is 2. The first-order valence-corrected chi connectivity index (χ1v) is 24.6. The topological polar surface area (TPSA) is 238 Å². The summed E-state index contributed by atoms with van der Waals surface area (Å²) in [6.45, 7) is 7.80. The Morgan fingerprint density at radius 3 is 2.51 bits per heavy atom. The number of alkyl carbamates (subject to hydrolysis) is 2. The van der Waals surface area contributed by atoms with Gasteiger partial charge in [0.2, 0.25) is 5.91 Å². The van der Waals surface area contributed by atoms with E-state index in [1.54, 1.807) is 39.0 Å². The summed E-state index contributed by atoms with van der Waals surface area (Å²) in [7, 11) is 5.72. The van der Waals surface area contributed by atoms with Gasteiger partial charge in [-0.3, -0.25) is 19.7 Å². The summed E-state index contributed by atoms with van der Waals surface area (Å²) >= 11 is 6.75. The van der Waals surface area contributed by atoms with E-state index in [1.807, 2.05) is 31.2 Å². The number of ether oxygens (including phenoxy) is 7. The fourth-order valence-electron chi connectivity index (χ4n) is 9.10. The molecule has 1 aromatic rings. The van der Waals surface area contributed by atoms with Gasteiger partial charge in [-0.25, -0.2) is 19.2 Å². The van der Waals surface area contributed by atoms with Gasteiger partial charge in [0.25, 0.3) is 0 Å². The fraction of sp³-hybridized carbons (Fsp3) is 0.627. The van der Waals surface area contributed by atoms with E-state index < -0.39 is 96.6 Å². The summed E-state index contributed by atoms with van der Waals surface area (Å²) in [5.74, 6) is -2.40. The van der Waals surface area contributed by atoms with Crippen LogP contribution in [0.2, 0.25) is 5.02 Å². The summed E-state index contributed by atoms with van der Waals surface area (Å²) in [4.78, 5) is 95.4. The van der Waals surface area contributed by atoms with Crippen LogP contribution in [-0.2, 0) is 60.4 Å². The van der Waals surface area contributed by atoms with Gasteiger partial charge in [0, 0.05) is 52.8 Å². The van der Waals surface area contributed by atoms with Crippen LogP contribution >= 0.6 is 11.6 Å². The zero-order valence-electron chi connectivity index (χ0n) is 42.3. The maximum atomic E-state index is 14.1. The molecule has 0 spiro atoms. The molecule has 0 radical (unpaired) electrons. The molecule has 2 fully saturated rings. The van der Waals surface area contributed by atoms with Crippen LogP contribution in [0.5, 0.6) is 5.75 Å². The van der Waals surface area contributed by atoms with Crippen molar-refractivity contribution in [3.8, 4) is 5.75 Å². The van der Waals surface area contributed by atoms with E-state index >= 15 is 0 Å². The summed E-state index contributed by atoms with van der Waals surface area (Å²) < 4.78 is 40.1. The number of rotatable bonds is 14. The number of aliphatic hydroxyl groups is 1. The number of allylic oxidation sites excluding steroid dienone is 4. The number of ketones is 2. The minimum atomic E-state index is -1.88. The number of benzene rings is 1. The zero-order chi connectivity index (χ0) is 52.2. The Morgan fingerprint density at radius 2 is 1.80 bits per heavy atom. The number of nitrogens with zero attached hydrogens (tertiary/aromatic N) is 2. The molecule has 1 aromatic carbocycles. The number of carbonyl (C=O) groups excluding carboxylic acids is 7. The summed E-state index contributed by atoms with van der Waals surface area (Å²) in [6.07, 6.45) is 6.50. The average Bonchev–Trinajstić information content (AvgIpc) is 4.01. The zero-order valence-corrected chi connectivity index (χ0v) is 43.0. The van der Waals surface area contributed by atoms with Crippen LogP contribution in [0.3, 0.4) is 0 Å². The number of hydrogen-bond acceptors (Lipinski definition) is 15. The number of halogens is 1. The Kier molecular flexibility index (Phi) is 20.1. The second-order valence-electron chi connectivity index (χ2n) is 19.1. The van der Waals surface area contributed by atoms with Gasteiger partial charge in [0.15, 0.2) is 11.5 Å². The van der Waals surface area contributed by atoms with Gasteiger partial charge in [-0.1, -0.05) is 67.8 Å². The Bertz CT molecular complexity index is 2220. The van der Waals surface area contributed by atoms with Crippen LogP contribution in [0, 0.1) is 5.92 Å². The monoisotopic (exact) mass is 1010 g/mol. The predicted octanol–water partition coefficient (Wildman–Crippen LogP) is 6.08. The Labute approximate surface area is 420 Å². The Balaban J connectivity index is 1.26. The lowest BCUT2D eigenvalue weighted by atomic mass is 9.83. The van der Waals surface area contributed by atoms with Gasteiger partial charge in [-0.2, -0.15) is 0 Å². The van der Waals surface area contributed by atoms with Crippen LogP contribution in [0.15, 0.2) is 48.1 Å². The Hall–Kier alpha value is -5.50. The molecule has 5 rings (SSSR count). The second kappa shape index (κ2) is 25.2. The number of hydrogen-bond donors (Lipinski definition) is 3. The van der Waals surface area contributed by atoms with Crippen LogP contribution in [0.1, 0.15) is 104 Å². The molecule has 3 N–H and O–H groups in total. The highest BCUT2D eigenvalue weighted by molar-refractivity contribution is 6.33. The molecular formula is C51H71ClN4O15.